The molecule has 4 nitrogen and oxygen atoms in total. The van der Waals surface area contributed by atoms with Crippen molar-refractivity contribution in [3.05, 3.63) is 24.0 Å². The fourth-order valence-corrected chi connectivity index (χ4v) is 3.97. The van der Waals surface area contributed by atoms with Crippen molar-refractivity contribution in [3.8, 4) is 11.8 Å². The number of pyridine rings is 1. The maximum absolute atomic E-state index is 12.5. The summed E-state index contributed by atoms with van der Waals surface area (Å²) in [7, 11) is 0. The summed E-state index contributed by atoms with van der Waals surface area (Å²) < 4.78 is 5.53. The Bertz CT molecular complexity index is 610. The summed E-state index contributed by atoms with van der Waals surface area (Å²) in [5.41, 5.74) is 0.791. The van der Waals surface area contributed by atoms with Crippen LogP contribution in [0.3, 0.4) is 0 Å². The lowest BCUT2D eigenvalue weighted by Crippen LogP contribution is -2.31. The second-order valence-electron chi connectivity index (χ2n) is 7.99. The molecule has 1 aliphatic rings. The summed E-state index contributed by atoms with van der Waals surface area (Å²) in [4.78, 5) is 16.8. The minimum atomic E-state index is -0.230. The number of rotatable bonds is 10. The van der Waals surface area contributed by atoms with E-state index in [1.807, 2.05) is 12.1 Å². The highest BCUT2D eigenvalue weighted by Crippen LogP contribution is 2.42. The van der Waals surface area contributed by atoms with Crippen LogP contribution < -0.4 is 4.74 Å². The molecule has 4 heteroatoms. The van der Waals surface area contributed by atoms with E-state index >= 15 is 0 Å². The van der Waals surface area contributed by atoms with Crippen LogP contribution in [0.2, 0.25) is 0 Å². The van der Waals surface area contributed by atoms with Crippen LogP contribution in [-0.2, 0) is 11.2 Å². The molecule has 1 saturated carbocycles. The minimum Gasteiger partial charge on any atom is -0.425 e. The summed E-state index contributed by atoms with van der Waals surface area (Å²) in [6.07, 6.45) is 13.8. The van der Waals surface area contributed by atoms with Crippen LogP contribution in [0, 0.1) is 22.7 Å². The molecule has 0 amide bonds. The fourth-order valence-electron chi connectivity index (χ4n) is 3.97. The van der Waals surface area contributed by atoms with Crippen molar-refractivity contribution in [3.63, 3.8) is 0 Å². The van der Waals surface area contributed by atoms with Crippen molar-refractivity contribution in [1.82, 2.24) is 4.98 Å². The zero-order chi connectivity index (χ0) is 19.5. The number of esters is 1. The third kappa shape index (κ3) is 6.65. The number of hydrogen-bond acceptors (Lipinski definition) is 4. The van der Waals surface area contributed by atoms with Crippen LogP contribution >= 0.6 is 0 Å². The number of aryl methyl sites for hydroxylation is 1. The van der Waals surface area contributed by atoms with E-state index in [1.54, 1.807) is 6.20 Å². The largest absolute Gasteiger partial charge is 0.425 e. The third-order valence-electron chi connectivity index (χ3n) is 5.79. The molecule has 148 valence electrons. The molecule has 0 atom stereocenters. The number of ether oxygens (including phenoxy) is 1. The Morgan fingerprint density at radius 2 is 1.93 bits per heavy atom. The molecule has 0 saturated heterocycles. The zero-order valence-electron chi connectivity index (χ0n) is 17.0. The minimum absolute atomic E-state index is 0.0955. The van der Waals surface area contributed by atoms with Crippen molar-refractivity contribution in [2.45, 2.75) is 90.9 Å². The Morgan fingerprint density at radius 3 is 2.52 bits per heavy atom. The molecule has 1 aromatic rings. The first kappa shape index (κ1) is 21.4. The van der Waals surface area contributed by atoms with E-state index in [1.165, 1.54) is 25.7 Å². The van der Waals surface area contributed by atoms with Gasteiger partial charge >= 0.3 is 5.97 Å². The number of nitriles is 1. The first-order valence-corrected chi connectivity index (χ1v) is 10.7. The average Bonchev–Trinajstić information content (AvgIpc) is 2.70. The summed E-state index contributed by atoms with van der Waals surface area (Å²) in [6.45, 7) is 4.33. The van der Waals surface area contributed by atoms with E-state index in [4.69, 9.17) is 4.74 Å². The van der Waals surface area contributed by atoms with Gasteiger partial charge in [0.05, 0.1) is 23.6 Å². The first-order valence-electron chi connectivity index (χ1n) is 10.7. The topological polar surface area (TPSA) is 63.0 Å². The number of hydrogen-bond donors (Lipinski definition) is 0. The number of nitrogens with zero attached hydrogens (tertiary/aromatic N) is 2. The molecule has 0 N–H and O–H groups in total. The van der Waals surface area contributed by atoms with Crippen molar-refractivity contribution in [2.24, 2.45) is 11.3 Å². The number of carbonyl (C=O) groups is 1. The SMILES string of the molecule is CCCCCCCC1(C#N)CCC(C(=O)Oc2ccc(CCC)nc2)CC1. The van der Waals surface area contributed by atoms with E-state index in [2.05, 4.69) is 24.9 Å². The predicted octanol–water partition coefficient (Wildman–Crippen LogP) is 6.00. The van der Waals surface area contributed by atoms with Gasteiger partial charge in [0.2, 0.25) is 0 Å². The van der Waals surface area contributed by atoms with Gasteiger partial charge in [-0.1, -0.05) is 52.4 Å². The maximum atomic E-state index is 12.5. The average molecular weight is 371 g/mol. The van der Waals surface area contributed by atoms with E-state index in [-0.39, 0.29) is 17.3 Å². The second kappa shape index (κ2) is 11.1. The van der Waals surface area contributed by atoms with Crippen molar-refractivity contribution in [1.29, 1.82) is 5.26 Å². The molecular weight excluding hydrogens is 336 g/mol. The monoisotopic (exact) mass is 370 g/mol. The summed E-state index contributed by atoms with van der Waals surface area (Å²) in [5.74, 6) is 0.254. The molecule has 0 radical (unpaired) electrons. The van der Waals surface area contributed by atoms with Crippen LogP contribution in [0.5, 0.6) is 5.75 Å². The van der Waals surface area contributed by atoms with Gasteiger partial charge in [0, 0.05) is 5.69 Å². The molecule has 0 aliphatic heterocycles. The standard InChI is InChI=1S/C23H34N2O2/c1-3-5-6-7-8-14-23(18-24)15-12-19(13-16-23)22(26)27-21-11-10-20(9-4-2)25-17-21/h10-11,17,19H,3-9,12-16H2,1-2H3. The Balaban J connectivity index is 1.79. The van der Waals surface area contributed by atoms with Crippen molar-refractivity contribution in [2.75, 3.05) is 0 Å². The molecule has 0 bridgehead atoms. The van der Waals surface area contributed by atoms with Crippen LogP contribution in [0.4, 0.5) is 0 Å². The molecular formula is C23H34N2O2. The highest BCUT2D eigenvalue weighted by molar-refractivity contribution is 5.75. The van der Waals surface area contributed by atoms with Crippen LogP contribution in [0.25, 0.3) is 0 Å². The van der Waals surface area contributed by atoms with E-state index in [9.17, 15) is 10.1 Å². The van der Waals surface area contributed by atoms with Gasteiger partial charge in [-0.05, 0) is 50.7 Å². The Morgan fingerprint density at radius 1 is 1.19 bits per heavy atom. The van der Waals surface area contributed by atoms with E-state index < -0.39 is 0 Å². The quantitative estimate of drug-likeness (QED) is 0.374. The lowest BCUT2D eigenvalue weighted by Gasteiger charge is -2.34. The number of carbonyl (C=O) groups excluding carboxylic acids is 1. The molecule has 0 aromatic carbocycles. The lowest BCUT2D eigenvalue weighted by atomic mass is 9.69. The molecule has 0 unspecified atom stereocenters. The Hall–Kier alpha value is -1.89. The Kier molecular flexibility index (Phi) is 8.78. The van der Waals surface area contributed by atoms with Crippen molar-refractivity contribution < 1.29 is 9.53 Å². The first-order chi connectivity index (χ1) is 13.1. The summed E-state index contributed by atoms with van der Waals surface area (Å²) in [6, 6.07) is 6.32. The van der Waals surface area contributed by atoms with Gasteiger partial charge in [-0.15, -0.1) is 0 Å². The molecule has 0 spiro atoms. The third-order valence-corrected chi connectivity index (χ3v) is 5.79. The summed E-state index contributed by atoms with van der Waals surface area (Å²) >= 11 is 0. The van der Waals surface area contributed by atoms with E-state index in [0.29, 0.717) is 5.75 Å². The molecule has 27 heavy (non-hydrogen) atoms. The van der Waals surface area contributed by atoms with Crippen LogP contribution in [0.15, 0.2) is 18.3 Å². The fraction of sp³-hybridized carbons (Fsp3) is 0.696. The van der Waals surface area contributed by atoms with Gasteiger partial charge in [0.25, 0.3) is 0 Å². The van der Waals surface area contributed by atoms with Crippen LogP contribution in [-0.4, -0.2) is 11.0 Å². The normalized spacial score (nSPS) is 22.2. The van der Waals surface area contributed by atoms with Gasteiger partial charge < -0.3 is 4.74 Å². The molecule has 1 aliphatic carbocycles. The van der Waals surface area contributed by atoms with Gasteiger partial charge in [0.15, 0.2) is 0 Å². The number of unbranched alkanes of at least 4 members (excludes halogenated alkanes) is 4. The predicted molar refractivity (Wildman–Crippen MR) is 107 cm³/mol. The molecule has 1 heterocycles. The smallest absolute Gasteiger partial charge is 0.314 e. The van der Waals surface area contributed by atoms with Gasteiger partial charge in [-0.3, -0.25) is 9.78 Å². The molecule has 1 aromatic heterocycles. The Labute approximate surface area is 164 Å². The van der Waals surface area contributed by atoms with E-state index in [0.717, 1.165) is 57.1 Å². The summed E-state index contributed by atoms with van der Waals surface area (Å²) in [5, 5.41) is 9.70. The lowest BCUT2D eigenvalue weighted by molar-refractivity contribution is -0.140. The molecule has 1 fully saturated rings. The maximum Gasteiger partial charge on any atom is 0.314 e. The molecule has 2 rings (SSSR count). The highest BCUT2D eigenvalue weighted by Gasteiger charge is 2.37. The van der Waals surface area contributed by atoms with Crippen LogP contribution in [0.1, 0.15) is 90.2 Å². The van der Waals surface area contributed by atoms with Gasteiger partial charge in [-0.2, -0.15) is 5.26 Å². The second-order valence-corrected chi connectivity index (χ2v) is 7.99. The highest BCUT2D eigenvalue weighted by atomic mass is 16.5. The number of aromatic nitrogens is 1. The zero-order valence-corrected chi connectivity index (χ0v) is 17.0. The van der Waals surface area contributed by atoms with Gasteiger partial charge in [0.1, 0.15) is 5.75 Å². The van der Waals surface area contributed by atoms with Crippen molar-refractivity contribution >= 4 is 5.97 Å². The van der Waals surface area contributed by atoms with Gasteiger partial charge in [-0.25, -0.2) is 0 Å².